The summed E-state index contributed by atoms with van der Waals surface area (Å²) < 4.78 is 34.7. The first-order valence-electron chi connectivity index (χ1n) is 3.33. The largest absolute Gasteiger partial charge is 0.441 e. The smallest absolute Gasteiger partial charge is 0.409 e. The molecule has 0 heterocycles. The van der Waals surface area contributed by atoms with Crippen LogP contribution in [0.2, 0.25) is 0 Å². The second-order valence-electron chi connectivity index (χ2n) is 2.06. The summed E-state index contributed by atoms with van der Waals surface area (Å²) in [5.74, 6) is -0.153. The van der Waals surface area contributed by atoms with E-state index >= 15 is 0 Å². The van der Waals surface area contributed by atoms with Crippen molar-refractivity contribution in [2.24, 2.45) is 10.9 Å². The number of hydrogen-bond acceptors (Lipinski definition) is 4. The summed E-state index contributed by atoms with van der Waals surface area (Å²) in [4.78, 5) is 0. The average Bonchev–Trinajstić information content (AvgIpc) is 2.01. The van der Waals surface area contributed by atoms with Crippen LogP contribution < -0.4 is 11.1 Å². The van der Waals surface area contributed by atoms with Crippen LogP contribution in [0, 0.1) is 0 Å². The van der Waals surface area contributed by atoms with Crippen molar-refractivity contribution >= 4 is 17.6 Å². The first-order valence-corrected chi connectivity index (χ1v) is 4.32. The van der Waals surface area contributed by atoms with Crippen LogP contribution in [0.25, 0.3) is 0 Å². The summed E-state index contributed by atoms with van der Waals surface area (Å²) in [6, 6.07) is 0. The maximum Gasteiger partial charge on any atom is 0.441 e. The molecule has 0 aliphatic carbocycles. The van der Waals surface area contributed by atoms with E-state index in [0.717, 1.165) is 0 Å². The maximum atomic E-state index is 11.6. The van der Waals surface area contributed by atoms with E-state index in [1.54, 1.807) is 0 Å². The van der Waals surface area contributed by atoms with Gasteiger partial charge in [-0.2, -0.15) is 13.2 Å². The van der Waals surface area contributed by atoms with Gasteiger partial charge in [0, 0.05) is 12.3 Å². The second kappa shape index (κ2) is 5.92. The molecule has 0 radical (unpaired) electrons. The van der Waals surface area contributed by atoms with Gasteiger partial charge in [-0.25, -0.2) is 0 Å². The second-order valence-corrected chi connectivity index (χ2v) is 3.22. The minimum absolute atomic E-state index is 0.0583. The Morgan fingerprint density at radius 2 is 2.15 bits per heavy atom. The average molecular weight is 217 g/mol. The van der Waals surface area contributed by atoms with Gasteiger partial charge in [-0.3, -0.25) is 0 Å². The van der Waals surface area contributed by atoms with Gasteiger partial charge < -0.3 is 16.3 Å². The zero-order chi connectivity index (χ0) is 10.3. The fourth-order valence-corrected chi connectivity index (χ4v) is 0.969. The first kappa shape index (κ1) is 12.4. The highest BCUT2D eigenvalue weighted by molar-refractivity contribution is 8.00. The van der Waals surface area contributed by atoms with Crippen molar-refractivity contribution in [1.82, 2.24) is 5.32 Å². The number of halogens is 3. The summed E-state index contributed by atoms with van der Waals surface area (Å²) in [5, 5.41) is 13.3. The number of hydrogen-bond donors (Lipinski definition) is 3. The maximum absolute atomic E-state index is 11.6. The minimum Gasteiger partial charge on any atom is -0.409 e. The lowest BCUT2D eigenvalue weighted by Gasteiger charge is -2.05. The number of rotatable bonds is 5. The summed E-state index contributed by atoms with van der Waals surface area (Å²) >= 11 is -0.113. The topological polar surface area (TPSA) is 70.6 Å². The van der Waals surface area contributed by atoms with Crippen LogP contribution >= 0.6 is 11.8 Å². The molecule has 0 atom stereocenters. The van der Waals surface area contributed by atoms with Crippen molar-refractivity contribution in [3.05, 3.63) is 0 Å². The first-order chi connectivity index (χ1) is 5.95. The highest BCUT2D eigenvalue weighted by atomic mass is 32.2. The molecule has 0 saturated carbocycles. The third-order valence-electron chi connectivity index (χ3n) is 0.979. The van der Waals surface area contributed by atoms with E-state index in [-0.39, 0.29) is 36.4 Å². The standard InChI is InChI=1S/C5H10F3N3OS/c6-5(7,8)13-2-1-10-3-4(9)11-12/h10,12H,1-3H2,(H2,9,11). The fourth-order valence-electron chi connectivity index (χ4n) is 0.491. The van der Waals surface area contributed by atoms with E-state index in [2.05, 4.69) is 10.5 Å². The molecule has 0 aliphatic heterocycles. The van der Waals surface area contributed by atoms with Crippen molar-refractivity contribution in [3.8, 4) is 0 Å². The van der Waals surface area contributed by atoms with Gasteiger partial charge in [0.2, 0.25) is 0 Å². The molecule has 4 nitrogen and oxygen atoms in total. The quantitative estimate of drug-likeness (QED) is 0.207. The van der Waals surface area contributed by atoms with Crippen molar-refractivity contribution in [2.75, 3.05) is 18.8 Å². The third-order valence-corrected chi connectivity index (χ3v) is 1.71. The van der Waals surface area contributed by atoms with E-state index in [4.69, 9.17) is 10.9 Å². The number of amidine groups is 1. The van der Waals surface area contributed by atoms with Gasteiger partial charge in [-0.15, -0.1) is 0 Å². The van der Waals surface area contributed by atoms with Gasteiger partial charge in [-0.05, 0) is 11.8 Å². The zero-order valence-electron chi connectivity index (χ0n) is 6.64. The highest BCUT2D eigenvalue weighted by Gasteiger charge is 2.27. The molecule has 0 aromatic carbocycles. The summed E-state index contributed by atoms with van der Waals surface area (Å²) in [6.45, 7) is 0.231. The van der Waals surface area contributed by atoms with Crippen molar-refractivity contribution in [2.45, 2.75) is 5.51 Å². The van der Waals surface area contributed by atoms with Crippen LogP contribution in [0.4, 0.5) is 13.2 Å². The van der Waals surface area contributed by atoms with E-state index in [1.165, 1.54) is 0 Å². The molecule has 0 rings (SSSR count). The lowest BCUT2D eigenvalue weighted by molar-refractivity contribution is -0.0327. The molecular formula is C5H10F3N3OS. The lowest BCUT2D eigenvalue weighted by Crippen LogP contribution is -2.30. The SMILES string of the molecule is NC(CNCCSC(F)(F)F)=NO. The van der Waals surface area contributed by atoms with Crippen molar-refractivity contribution in [3.63, 3.8) is 0 Å². The predicted octanol–water partition coefficient (Wildman–Crippen LogP) is 0.575. The normalized spacial score (nSPS) is 13.3. The number of oxime groups is 1. The molecule has 0 aromatic rings. The molecule has 8 heteroatoms. The molecule has 0 spiro atoms. The van der Waals surface area contributed by atoms with Crippen molar-refractivity contribution in [1.29, 1.82) is 0 Å². The van der Waals surface area contributed by atoms with Crippen LogP contribution in [-0.4, -0.2) is 35.4 Å². The zero-order valence-corrected chi connectivity index (χ0v) is 7.45. The van der Waals surface area contributed by atoms with E-state index in [1.807, 2.05) is 0 Å². The van der Waals surface area contributed by atoms with E-state index < -0.39 is 5.51 Å². The number of thioether (sulfide) groups is 1. The molecule has 13 heavy (non-hydrogen) atoms. The van der Waals surface area contributed by atoms with Gasteiger partial charge in [0.25, 0.3) is 0 Å². The summed E-state index contributed by atoms with van der Waals surface area (Å²) in [5.41, 5.74) is 0.853. The minimum atomic E-state index is -4.20. The van der Waals surface area contributed by atoms with Crippen molar-refractivity contribution < 1.29 is 18.4 Å². The number of nitrogens with zero attached hydrogens (tertiary/aromatic N) is 1. The molecule has 0 aromatic heterocycles. The Balaban J connectivity index is 3.28. The van der Waals surface area contributed by atoms with E-state index in [9.17, 15) is 13.2 Å². The van der Waals surface area contributed by atoms with Gasteiger partial charge in [-0.1, -0.05) is 5.16 Å². The molecule has 0 aliphatic rings. The molecule has 0 amide bonds. The summed E-state index contributed by atoms with van der Waals surface area (Å²) in [6.07, 6.45) is 0. The Morgan fingerprint density at radius 3 is 2.62 bits per heavy atom. The van der Waals surface area contributed by atoms with Gasteiger partial charge >= 0.3 is 5.51 Å². The van der Waals surface area contributed by atoms with E-state index in [0.29, 0.717) is 0 Å². The monoisotopic (exact) mass is 217 g/mol. The Hall–Kier alpha value is -0.630. The number of nitrogens with one attached hydrogen (secondary N) is 1. The Bertz CT molecular complexity index is 173. The highest BCUT2D eigenvalue weighted by Crippen LogP contribution is 2.29. The lowest BCUT2D eigenvalue weighted by atomic mass is 10.6. The molecule has 0 unspecified atom stereocenters. The van der Waals surface area contributed by atoms with Crippen LogP contribution in [0.15, 0.2) is 5.16 Å². The summed E-state index contributed by atoms with van der Waals surface area (Å²) in [7, 11) is 0. The molecular weight excluding hydrogens is 207 g/mol. The predicted molar refractivity (Wildman–Crippen MR) is 44.8 cm³/mol. The van der Waals surface area contributed by atoms with Crippen LogP contribution in [-0.2, 0) is 0 Å². The van der Waals surface area contributed by atoms with Gasteiger partial charge in [0.15, 0.2) is 5.84 Å². The molecule has 4 N–H and O–H groups in total. The fraction of sp³-hybridized carbons (Fsp3) is 0.800. The molecule has 0 fully saturated rings. The molecule has 0 bridgehead atoms. The molecule has 78 valence electrons. The van der Waals surface area contributed by atoms with Crippen LogP contribution in [0.5, 0.6) is 0 Å². The molecule has 0 saturated heterocycles. The third kappa shape index (κ3) is 9.28. The van der Waals surface area contributed by atoms with Crippen LogP contribution in [0.3, 0.4) is 0 Å². The van der Waals surface area contributed by atoms with Gasteiger partial charge in [0.05, 0.1) is 6.54 Å². The van der Waals surface area contributed by atoms with Crippen LogP contribution in [0.1, 0.15) is 0 Å². The number of alkyl halides is 3. The Kier molecular flexibility index (Phi) is 5.63. The number of nitrogens with two attached hydrogens (primary N) is 1. The Labute approximate surface area is 77.4 Å². The van der Waals surface area contributed by atoms with Gasteiger partial charge in [0.1, 0.15) is 0 Å². The Morgan fingerprint density at radius 1 is 1.54 bits per heavy atom.